The summed E-state index contributed by atoms with van der Waals surface area (Å²) >= 11 is 7.72. The molecule has 16 heavy (non-hydrogen) atoms. The maximum Gasteiger partial charge on any atom is 0.0451 e. The van der Waals surface area contributed by atoms with Gasteiger partial charge in [-0.2, -0.15) is 11.3 Å². The van der Waals surface area contributed by atoms with Crippen LogP contribution in [-0.4, -0.2) is 6.04 Å². The second kappa shape index (κ2) is 4.11. The molecule has 0 fully saturated rings. The first kappa shape index (κ1) is 10.2. The van der Waals surface area contributed by atoms with Crippen LogP contribution in [0.1, 0.15) is 11.1 Å². The first-order chi connectivity index (χ1) is 7.81. The highest BCUT2D eigenvalue weighted by Crippen LogP contribution is 2.27. The number of benzene rings is 1. The van der Waals surface area contributed by atoms with Crippen molar-refractivity contribution in [3.63, 3.8) is 0 Å². The minimum Gasteiger partial charge on any atom is -0.381 e. The zero-order valence-corrected chi connectivity index (χ0v) is 10.3. The second-order valence-electron chi connectivity index (χ2n) is 4.17. The van der Waals surface area contributed by atoms with E-state index >= 15 is 0 Å². The summed E-state index contributed by atoms with van der Waals surface area (Å²) < 4.78 is 0. The van der Waals surface area contributed by atoms with Gasteiger partial charge in [-0.1, -0.05) is 17.7 Å². The number of hydrogen-bond donors (Lipinski definition) is 1. The van der Waals surface area contributed by atoms with E-state index in [-0.39, 0.29) is 0 Å². The average molecular weight is 250 g/mol. The average Bonchev–Trinajstić information content (AvgIpc) is 2.86. The molecule has 1 unspecified atom stereocenters. The van der Waals surface area contributed by atoms with E-state index in [9.17, 15) is 0 Å². The Hall–Kier alpha value is -0.990. The Morgan fingerprint density at radius 1 is 1.19 bits per heavy atom. The van der Waals surface area contributed by atoms with Gasteiger partial charge in [-0.3, -0.25) is 0 Å². The molecule has 1 aliphatic rings. The Morgan fingerprint density at radius 3 is 2.88 bits per heavy atom. The third-order valence-corrected chi connectivity index (χ3v) is 3.91. The van der Waals surface area contributed by atoms with Crippen LogP contribution in [0.15, 0.2) is 35.0 Å². The molecule has 1 aliphatic carbocycles. The number of halogens is 1. The minimum absolute atomic E-state index is 0.517. The van der Waals surface area contributed by atoms with Gasteiger partial charge in [0, 0.05) is 22.1 Å². The van der Waals surface area contributed by atoms with Gasteiger partial charge in [-0.15, -0.1) is 0 Å². The van der Waals surface area contributed by atoms with Gasteiger partial charge in [0.15, 0.2) is 0 Å². The SMILES string of the molecule is Clc1ccc2c(c1)CC(Nc1ccsc1)C2. The summed E-state index contributed by atoms with van der Waals surface area (Å²) in [6.07, 6.45) is 2.17. The minimum atomic E-state index is 0.517. The third kappa shape index (κ3) is 1.95. The maximum atomic E-state index is 6.00. The highest BCUT2D eigenvalue weighted by molar-refractivity contribution is 7.08. The molecule has 0 radical (unpaired) electrons. The largest absolute Gasteiger partial charge is 0.381 e. The van der Waals surface area contributed by atoms with E-state index in [0.29, 0.717) is 6.04 Å². The first-order valence-electron chi connectivity index (χ1n) is 5.37. The van der Waals surface area contributed by atoms with Gasteiger partial charge in [-0.25, -0.2) is 0 Å². The Morgan fingerprint density at radius 2 is 2.06 bits per heavy atom. The zero-order valence-electron chi connectivity index (χ0n) is 8.74. The van der Waals surface area contributed by atoms with Crippen LogP contribution >= 0.6 is 22.9 Å². The van der Waals surface area contributed by atoms with Crippen molar-refractivity contribution >= 4 is 28.6 Å². The molecule has 0 saturated carbocycles. The second-order valence-corrected chi connectivity index (χ2v) is 5.39. The smallest absolute Gasteiger partial charge is 0.0451 e. The van der Waals surface area contributed by atoms with Gasteiger partial charge < -0.3 is 5.32 Å². The van der Waals surface area contributed by atoms with Gasteiger partial charge >= 0.3 is 0 Å². The molecular formula is C13H12ClNS. The van der Waals surface area contributed by atoms with Crippen LogP contribution in [0.2, 0.25) is 5.02 Å². The van der Waals surface area contributed by atoms with Crippen molar-refractivity contribution < 1.29 is 0 Å². The molecule has 0 bridgehead atoms. The summed E-state index contributed by atoms with van der Waals surface area (Å²) in [5.41, 5.74) is 4.05. The van der Waals surface area contributed by atoms with Crippen molar-refractivity contribution in [3.05, 3.63) is 51.2 Å². The van der Waals surface area contributed by atoms with Gasteiger partial charge in [0.2, 0.25) is 0 Å². The van der Waals surface area contributed by atoms with E-state index in [0.717, 1.165) is 17.9 Å². The van der Waals surface area contributed by atoms with E-state index < -0.39 is 0 Å². The van der Waals surface area contributed by atoms with Crippen molar-refractivity contribution in [2.45, 2.75) is 18.9 Å². The van der Waals surface area contributed by atoms with Crippen LogP contribution in [0.3, 0.4) is 0 Å². The number of anilines is 1. The van der Waals surface area contributed by atoms with E-state index in [1.54, 1.807) is 11.3 Å². The fraction of sp³-hybridized carbons (Fsp3) is 0.231. The summed E-state index contributed by atoms with van der Waals surface area (Å²) in [6.45, 7) is 0. The van der Waals surface area contributed by atoms with E-state index in [2.05, 4.69) is 34.3 Å². The van der Waals surface area contributed by atoms with E-state index in [4.69, 9.17) is 11.6 Å². The van der Waals surface area contributed by atoms with Crippen molar-refractivity contribution in [2.24, 2.45) is 0 Å². The Balaban J connectivity index is 1.75. The molecule has 1 atom stereocenters. The predicted molar refractivity (Wildman–Crippen MR) is 70.6 cm³/mol. The number of hydrogen-bond acceptors (Lipinski definition) is 2. The molecule has 3 heteroatoms. The molecule has 0 amide bonds. The van der Waals surface area contributed by atoms with Crippen LogP contribution in [-0.2, 0) is 12.8 Å². The molecule has 2 aromatic rings. The number of thiophene rings is 1. The Bertz CT molecular complexity index is 493. The lowest BCUT2D eigenvalue weighted by atomic mass is 10.1. The van der Waals surface area contributed by atoms with E-state index in [1.165, 1.54) is 16.8 Å². The molecule has 1 nitrogen and oxygen atoms in total. The molecule has 0 aliphatic heterocycles. The third-order valence-electron chi connectivity index (χ3n) is 2.99. The fourth-order valence-corrected chi connectivity index (χ4v) is 3.06. The monoisotopic (exact) mass is 249 g/mol. The maximum absolute atomic E-state index is 6.00. The molecule has 0 spiro atoms. The predicted octanol–water partition coefficient (Wildman–Crippen LogP) is 3.98. The normalized spacial score (nSPS) is 18.4. The fourth-order valence-electron chi connectivity index (χ4n) is 2.27. The summed E-state index contributed by atoms with van der Waals surface area (Å²) in [5.74, 6) is 0. The quantitative estimate of drug-likeness (QED) is 0.849. The van der Waals surface area contributed by atoms with Crippen LogP contribution in [0.4, 0.5) is 5.69 Å². The molecule has 1 aromatic carbocycles. The number of fused-ring (bicyclic) bond motifs is 1. The molecular weight excluding hydrogens is 238 g/mol. The lowest BCUT2D eigenvalue weighted by Gasteiger charge is -2.11. The lowest BCUT2D eigenvalue weighted by molar-refractivity contribution is 0.775. The molecule has 1 heterocycles. The van der Waals surface area contributed by atoms with Gasteiger partial charge in [-0.05, 0) is 47.5 Å². The van der Waals surface area contributed by atoms with Crippen molar-refractivity contribution in [1.29, 1.82) is 0 Å². The molecule has 0 saturated heterocycles. The molecule has 82 valence electrons. The topological polar surface area (TPSA) is 12.0 Å². The highest BCUT2D eigenvalue weighted by Gasteiger charge is 2.21. The summed E-state index contributed by atoms with van der Waals surface area (Å²) in [4.78, 5) is 0. The first-order valence-corrected chi connectivity index (χ1v) is 6.69. The lowest BCUT2D eigenvalue weighted by Crippen LogP contribution is -2.18. The van der Waals surface area contributed by atoms with Gasteiger partial charge in [0.25, 0.3) is 0 Å². The van der Waals surface area contributed by atoms with Crippen LogP contribution in [0.25, 0.3) is 0 Å². The Labute approximate surface area is 104 Å². The van der Waals surface area contributed by atoms with Gasteiger partial charge in [0.1, 0.15) is 0 Å². The Kier molecular flexibility index (Phi) is 2.62. The summed E-state index contributed by atoms with van der Waals surface area (Å²) in [6, 6.07) is 8.86. The number of rotatable bonds is 2. The van der Waals surface area contributed by atoms with Crippen molar-refractivity contribution in [2.75, 3.05) is 5.32 Å². The van der Waals surface area contributed by atoms with Crippen molar-refractivity contribution in [1.82, 2.24) is 0 Å². The molecule has 1 aromatic heterocycles. The van der Waals surface area contributed by atoms with Crippen LogP contribution in [0, 0.1) is 0 Å². The highest BCUT2D eigenvalue weighted by atomic mass is 35.5. The van der Waals surface area contributed by atoms with E-state index in [1.807, 2.05) is 6.07 Å². The summed E-state index contributed by atoms with van der Waals surface area (Å²) in [5, 5.41) is 8.64. The van der Waals surface area contributed by atoms with Gasteiger partial charge in [0.05, 0.1) is 0 Å². The standard InChI is InChI=1S/C13H12ClNS/c14-11-2-1-9-6-13(7-10(9)5-11)15-12-3-4-16-8-12/h1-5,8,13,15H,6-7H2. The van der Waals surface area contributed by atoms with Crippen LogP contribution < -0.4 is 5.32 Å². The summed E-state index contributed by atoms with van der Waals surface area (Å²) in [7, 11) is 0. The molecule has 1 N–H and O–H groups in total. The van der Waals surface area contributed by atoms with Crippen molar-refractivity contribution in [3.8, 4) is 0 Å². The zero-order chi connectivity index (χ0) is 11.0. The molecule has 3 rings (SSSR count). The van der Waals surface area contributed by atoms with Crippen LogP contribution in [0.5, 0.6) is 0 Å². The number of nitrogens with one attached hydrogen (secondary N) is 1.